The highest BCUT2D eigenvalue weighted by atomic mass is 16.2. The second kappa shape index (κ2) is 8.11. The topological polar surface area (TPSA) is 55.1 Å². The highest BCUT2D eigenvalue weighted by molar-refractivity contribution is 5.00. The van der Waals surface area contributed by atoms with Gasteiger partial charge in [0.25, 0.3) is 0 Å². The Balaban J connectivity index is 1.69. The summed E-state index contributed by atoms with van der Waals surface area (Å²) in [4.78, 5) is 15.1. The zero-order valence-corrected chi connectivity index (χ0v) is 14.5. The predicted octanol–water partition coefficient (Wildman–Crippen LogP) is 1.41. The van der Waals surface area contributed by atoms with Crippen LogP contribution in [-0.4, -0.2) is 52.0 Å². The molecular weight excluding hydrogens is 290 g/mol. The molecule has 3 rings (SSSR count). The minimum atomic E-state index is 0.0721. The lowest BCUT2D eigenvalue weighted by atomic mass is 9.99. The molecule has 0 unspecified atom stereocenters. The molecule has 0 aromatic carbocycles. The smallest absolute Gasteiger partial charge is 0.316 e. The molecule has 2 aliphatic heterocycles. The number of likely N-dealkylation sites (tertiary alicyclic amines) is 1. The first-order chi connectivity index (χ1) is 11.3. The number of nitrogens with one attached hydrogen (secondary N) is 1. The van der Waals surface area contributed by atoms with Crippen molar-refractivity contribution in [1.82, 2.24) is 24.6 Å². The standard InChI is InChI=1S/C17H31N5O/c1-2-21-16(15-8-7-9-18-14-15)19-22(17(21)23)13-12-20-10-5-3-4-6-11-20/h15,18H,2-14H2,1H3/t15-/m0/s1. The molecule has 1 atom stereocenters. The molecule has 0 radical (unpaired) electrons. The number of hydrogen-bond donors (Lipinski definition) is 1. The summed E-state index contributed by atoms with van der Waals surface area (Å²) in [6.45, 7) is 8.80. The number of aromatic nitrogens is 3. The van der Waals surface area contributed by atoms with Crippen LogP contribution in [-0.2, 0) is 13.1 Å². The quantitative estimate of drug-likeness (QED) is 0.891. The SMILES string of the molecule is CCn1c([C@H]2CCCNC2)nn(CCN2CCCCCC2)c1=O. The highest BCUT2D eigenvalue weighted by Gasteiger charge is 2.23. The average Bonchev–Trinajstić information content (AvgIpc) is 2.76. The minimum Gasteiger partial charge on any atom is -0.316 e. The number of piperidine rings is 1. The van der Waals surface area contributed by atoms with Crippen molar-refractivity contribution in [2.24, 2.45) is 0 Å². The molecule has 1 aromatic heterocycles. The van der Waals surface area contributed by atoms with Gasteiger partial charge in [-0.15, -0.1) is 0 Å². The van der Waals surface area contributed by atoms with Gasteiger partial charge in [0, 0.05) is 25.6 Å². The summed E-state index contributed by atoms with van der Waals surface area (Å²) in [6, 6.07) is 0. The largest absolute Gasteiger partial charge is 0.345 e. The van der Waals surface area contributed by atoms with Gasteiger partial charge in [0.15, 0.2) is 0 Å². The molecule has 6 heteroatoms. The molecule has 0 saturated carbocycles. The monoisotopic (exact) mass is 321 g/mol. The van der Waals surface area contributed by atoms with Crippen molar-refractivity contribution >= 4 is 0 Å². The Morgan fingerprint density at radius 1 is 1.13 bits per heavy atom. The van der Waals surface area contributed by atoms with E-state index in [-0.39, 0.29) is 5.69 Å². The zero-order valence-electron chi connectivity index (χ0n) is 14.5. The van der Waals surface area contributed by atoms with Crippen LogP contribution in [0.5, 0.6) is 0 Å². The molecular formula is C17H31N5O. The summed E-state index contributed by atoms with van der Waals surface area (Å²) in [6.07, 6.45) is 7.58. The van der Waals surface area contributed by atoms with Gasteiger partial charge in [-0.1, -0.05) is 12.8 Å². The van der Waals surface area contributed by atoms with Gasteiger partial charge in [-0.2, -0.15) is 5.10 Å². The normalized spacial score (nSPS) is 23.8. The first-order valence-corrected chi connectivity index (χ1v) is 9.40. The molecule has 1 N–H and O–H groups in total. The Labute approximate surface area is 138 Å². The fourth-order valence-corrected chi connectivity index (χ4v) is 3.87. The van der Waals surface area contributed by atoms with Crippen molar-refractivity contribution in [3.63, 3.8) is 0 Å². The molecule has 0 spiro atoms. The van der Waals surface area contributed by atoms with Crippen LogP contribution in [0.1, 0.15) is 57.2 Å². The predicted molar refractivity (Wildman–Crippen MR) is 91.9 cm³/mol. The van der Waals surface area contributed by atoms with Gasteiger partial charge < -0.3 is 10.2 Å². The number of rotatable bonds is 5. The summed E-state index contributed by atoms with van der Waals surface area (Å²) in [5.41, 5.74) is 0.0721. The van der Waals surface area contributed by atoms with Gasteiger partial charge in [-0.3, -0.25) is 4.57 Å². The van der Waals surface area contributed by atoms with Gasteiger partial charge in [0.2, 0.25) is 0 Å². The van der Waals surface area contributed by atoms with E-state index < -0.39 is 0 Å². The molecule has 3 heterocycles. The Bertz CT molecular complexity index is 536. The first-order valence-electron chi connectivity index (χ1n) is 9.40. The highest BCUT2D eigenvalue weighted by Crippen LogP contribution is 2.20. The zero-order chi connectivity index (χ0) is 16.1. The van der Waals surface area contributed by atoms with Crippen molar-refractivity contribution in [2.75, 3.05) is 32.7 Å². The molecule has 0 bridgehead atoms. The lowest BCUT2D eigenvalue weighted by Crippen LogP contribution is -2.33. The fraction of sp³-hybridized carbons (Fsp3) is 0.882. The van der Waals surface area contributed by atoms with Crippen LogP contribution < -0.4 is 11.0 Å². The maximum Gasteiger partial charge on any atom is 0.345 e. The van der Waals surface area contributed by atoms with Crippen molar-refractivity contribution in [1.29, 1.82) is 0 Å². The minimum absolute atomic E-state index is 0.0721. The Hall–Kier alpha value is -1.14. The van der Waals surface area contributed by atoms with E-state index in [0.717, 1.165) is 38.4 Å². The molecule has 2 fully saturated rings. The summed E-state index contributed by atoms with van der Waals surface area (Å²) in [5, 5.41) is 8.14. The summed E-state index contributed by atoms with van der Waals surface area (Å²) >= 11 is 0. The molecule has 6 nitrogen and oxygen atoms in total. The van der Waals surface area contributed by atoms with E-state index in [1.54, 1.807) is 4.68 Å². The lowest BCUT2D eigenvalue weighted by molar-refractivity contribution is 0.266. The van der Waals surface area contributed by atoms with Crippen molar-refractivity contribution in [3.05, 3.63) is 16.3 Å². The van der Waals surface area contributed by atoms with Crippen LogP contribution in [0, 0.1) is 0 Å². The number of nitrogens with zero attached hydrogens (tertiary/aromatic N) is 4. The molecule has 1 aromatic rings. The third-order valence-electron chi connectivity index (χ3n) is 5.26. The first kappa shape index (κ1) is 16.7. The fourth-order valence-electron chi connectivity index (χ4n) is 3.87. The maximum absolute atomic E-state index is 12.6. The lowest BCUT2D eigenvalue weighted by Gasteiger charge is -2.22. The van der Waals surface area contributed by atoms with E-state index in [2.05, 4.69) is 10.2 Å². The molecule has 2 aliphatic rings. The van der Waals surface area contributed by atoms with Gasteiger partial charge in [0.05, 0.1) is 6.54 Å². The van der Waals surface area contributed by atoms with E-state index in [1.807, 2.05) is 11.5 Å². The van der Waals surface area contributed by atoms with E-state index in [4.69, 9.17) is 5.10 Å². The molecule has 0 aliphatic carbocycles. The van der Waals surface area contributed by atoms with Crippen molar-refractivity contribution in [2.45, 2.75) is 64.5 Å². The Morgan fingerprint density at radius 2 is 1.91 bits per heavy atom. The van der Waals surface area contributed by atoms with E-state index in [9.17, 15) is 4.79 Å². The third kappa shape index (κ3) is 4.04. The average molecular weight is 321 g/mol. The van der Waals surface area contributed by atoms with Crippen LogP contribution in [0.4, 0.5) is 0 Å². The Kier molecular flexibility index (Phi) is 5.89. The van der Waals surface area contributed by atoms with Crippen LogP contribution in [0.15, 0.2) is 4.79 Å². The summed E-state index contributed by atoms with van der Waals surface area (Å²) < 4.78 is 3.58. The Morgan fingerprint density at radius 3 is 2.57 bits per heavy atom. The molecule has 130 valence electrons. The van der Waals surface area contributed by atoms with Crippen LogP contribution in [0.2, 0.25) is 0 Å². The van der Waals surface area contributed by atoms with Gasteiger partial charge in [-0.25, -0.2) is 9.48 Å². The van der Waals surface area contributed by atoms with Gasteiger partial charge in [0.1, 0.15) is 5.82 Å². The molecule has 2 saturated heterocycles. The van der Waals surface area contributed by atoms with Crippen molar-refractivity contribution < 1.29 is 0 Å². The van der Waals surface area contributed by atoms with E-state index in [0.29, 0.717) is 12.5 Å². The van der Waals surface area contributed by atoms with Crippen LogP contribution in [0.3, 0.4) is 0 Å². The van der Waals surface area contributed by atoms with Gasteiger partial charge >= 0.3 is 5.69 Å². The molecule has 0 amide bonds. The van der Waals surface area contributed by atoms with E-state index in [1.165, 1.54) is 45.2 Å². The summed E-state index contributed by atoms with van der Waals surface area (Å²) in [5.74, 6) is 1.37. The second-order valence-electron chi connectivity index (χ2n) is 6.91. The summed E-state index contributed by atoms with van der Waals surface area (Å²) in [7, 11) is 0. The second-order valence-corrected chi connectivity index (χ2v) is 6.91. The number of hydrogen-bond acceptors (Lipinski definition) is 4. The van der Waals surface area contributed by atoms with Crippen molar-refractivity contribution in [3.8, 4) is 0 Å². The third-order valence-corrected chi connectivity index (χ3v) is 5.26. The van der Waals surface area contributed by atoms with Crippen LogP contribution in [0.25, 0.3) is 0 Å². The van der Waals surface area contributed by atoms with Crippen LogP contribution >= 0.6 is 0 Å². The van der Waals surface area contributed by atoms with Gasteiger partial charge in [-0.05, 0) is 52.2 Å². The maximum atomic E-state index is 12.6. The van der Waals surface area contributed by atoms with E-state index >= 15 is 0 Å². The molecule has 23 heavy (non-hydrogen) atoms.